The summed E-state index contributed by atoms with van der Waals surface area (Å²) in [5, 5.41) is 0. The van der Waals surface area contributed by atoms with Gasteiger partial charge in [-0.05, 0) is 38.8 Å². The van der Waals surface area contributed by atoms with Crippen LogP contribution in [0, 0.1) is 6.92 Å². The summed E-state index contributed by atoms with van der Waals surface area (Å²) in [7, 11) is -3.47. The molecule has 18 heavy (non-hydrogen) atoms. The Morgan fingerprint density at radius 2 is 2.06 bits per heavy atom. The molecule has 1 aromatic rings. The average Bonchev–Trinajstić information content (AvgIpc) is 2.59. The fourth-order valence-electron chi connectivity index (χ4n) is 1.55. The fourth-order valence-corrected chi connectivity index (χ4v) is 5.18. The molecule has 1 aromatic heterocycles. The van der Waals surface area contributed by atoms with Crippen LogP contribution < -0.4 is 0 Å². The summed E-state index contributed by atoms with van der Waals surface area (Å²) in [5.41, 5.74) is 0.793. The minimum atomic E-state index is -3.47. The first-order chi connectivity index (χ1) is 8.30. The Morgan fingerprint density at radius 1 is 1.44 bits per heavy atom. The summed E-state index contributed by atoms with van der Waals surface area (Å²) in [4.78, 5) is 0. The Hall–Kier alpha value is 0.190. The molecule has 0 aromatic carbocycles. The molecule has 0 N–H and O–H groups in total. The van der Waals surface area contributed by atoms with Crippen LogP contribution in [0.4, 0.5) is 0 Å². The summed E-state index contributed by atoms with van der Waals surface area (Å²) in [6.07, 6.45) is 0.636. The van der Waals surface area contributed by atoms with E-state index < -0.39 is 10.0 Å². The van der Waals surface area contributed by atoms with E-state index in [-0.39, 0.29) is 6.04 Å². The predicted molar refractivity (Wildman–Crippen MR) is 78.4 cm³/mol. The summed E-state index contributed by atoms with van der Waals surface area (Å²) in [6, 6.07) is 1.53. The second-order valence-corrected chi connectivity index (χ2v) is 8.42. The molecule has 1 heterocycles. The van der Waals surface area contributed by atoms with Crippen LogP contribution in [0.3, 0.4) is 0 Å². The molecule has 104 valence electrons. The lowest BCUT2D eigenvalue weighted by Gasteiger charge is -2.24. The maximum absolute atomic E-state index is 12.5. The van der Waals surface area contributed by atoms with Gasteiger partial charge in [0.15, 0.2) is 0 Å². The van der Waals surface area contributed by atoms with Gasteiger partial charge >= 0.3 is 0 Å². The summed E-state index contributed by atoms with van der Waals surface area (Å²) >= 11 is 12.7. The molecule has 0 spiro atoms. The number of halogens is 2. The molecule has 0 fully saturated rings. The van der Waals surface area contributed by atoms with Crippen LogP contribution >= 0.6 is 34.5 Å². The van der Waals surface area contributed by atoms with Crippen molar-refractivity contribution >= 4 is 44.6 Å². The first-order valence-corrected chi connectivity index (χ1v) is 8.81. The summed E-state index contributed by atoms with van der Waals surface area (Å²) in [6.45, 7) is 5.94. The monoisotopic (exact) mass is 329 g/mol. The van der Waals surface area contributed by atoms with Crippen molar-refractivity contribution < 1.29 is 8.42 Å². The Morgan fingerprint density at radius 3 is 2.44 bits per heavy atom. The van der Waals surface area contributed by atoms with E-state index in [1.54, 1.807) is 13.0 Å². The van der Waals surface area contributed by atoms with Crippen molar-refractivity contribution in [3.05, 3.63) is 16.0 Å². The van der Waals surface area contributed by atoms with Crippen LogP contribution in [0.25, 0.3) is 0 Å². The normalized spacial score (nSPS) is 12.6. The van der Waals surface area contributed by atoms with E-state index in [9.17, 15) is 8.42 Å². The highest BCUT2D eigenvalue weighted by molar-refractivity contribution is 7.91. The van der Waals surface area contributed by atoms with E-state index in [0.717, 1.165) is 16.9 Å². The van der Waals surface area contributed by atoms with Gasteiger partial charge in [-0.2, -0.15) is 4.31 Å². The zero-order valence-electron chi connectivity index (χ0n) is 10.6. The minimum Gasteiger partial charge on any atom is -0.206 e. The van der Waals surface area contributed by atoms with Crippen LogP contribution in [0.15, 0.2) is 10.3 Å². The molecular formula is C11H17Cl2NO2S2. The number of thiophene rings is 1. The second-order valence-electron chi connectivity index (χ2n) is 4.27. The predicted octanol–water partition coefficient (Wildman–Crippen LogP) is 3.74. The summed E-state index contributed by atoms with van der Waals surface area (Å²) < 4.78 is 27.3. The van der Waals surface area contributed by atoms with Crippen molar-refractivity contribution in [2.45, 2.75) is 37.4 Å². The lowest BCUT2D eigenvalue weighted by atomic mass is 10.4. The lowest BCUT2D eigenvalue weighted by molar-refractivity contribution is 0.355. The van der Waals surface area contributed by atoms with Crippen molar-refractivity contribution in [1.29, 1.82) is 0 Å². The van der Waals surface area contributed by atoms with Gasteiger partial charge < -0.3 is 0 Å². The molecule has 0 amide bonds. The van der Waals surface area contributed by atoms with Gasteiger partial charge in [0.2, 0.25) is 0 Å². The van der Waals surface area contributed by atoms with Crippen molar-refractivity contribution in [2.75, 3.05) is 12.4 Å². The first kappa shape index (κ1) is 16.2. The highest BCUT2D eigenvalue weighted by Gasteiger charge is 2.28. The Bertz CT molecular complexity index is 478. The molecule has 0 unspecified atom stereocenters. The van der Waals surface area contributed by atoms with Crippen LogP contribution in [-0.4, -0.2) is 31.2 Å². The number of hydrogen-bond donors (Lipinski definition) is 0. The Balaban J connectivity index is 3.08. The quantitative estimate of drug-likeness (QED) is 0.745. The maximum atomic E-state index is 12.5. The molecule has 0 radical (unpaired) electrons. The number of sulfonamides is 1. The molecule has 0 aliphatic carbocycles. The molecule has 0 aliphatic rings. The van der Waals surface area contributed by atoms with Crippen molar-refractivity contribution in [2.24, 2.45) is 0 Å². The third-order valence-electron chi connectivity index (χ3n) is 2.49. The first-order valence-electron chi connectivity index (χ1n) is 5.64. The van der Waals surface area contributed by atoms with Crippen molar-refractivity contribution in [3.63, 3.8) is 0 Å². The SMILES string of the molecule is Cc1cc(S(=O)(=O)N(CCCCl)C(C)C)sc1Cl. The molecule has 0 aliphatic heterocycles. The number of alkyl halides is 1. The Labute approximate surface area is 123 Å². The fraction of sp³-hybridized carbons (Fsp3) is 0.636. The average molecular weight is 330 g/mol. The minimum absolute atomic E-state index is 0.0978. The third kappa shape index (κ3) is 3.61. The topological polar surface area (TPSA) is 37.4 Å². The molecule has 3 nitrogen and oxygen atoms in total. The van der Waals surface area contributed by atoms with Crippen LogP contribution in [0.5, 0.6) is 0 Å². The number of nitrogens with zero attached hydrogens (tertiary/aromatic N) is 1. The third-order valence-corrected chi connectivity index (χ3v) is 6.83. The van der Waals surface area contributed by atoms with E-state index >= 15 is 0 Å². The largest absolute Gasteiger partial charge is 0.252 e. The van der Waals surface area contributed by atoms with Gasteiger partial charge in [0.1, 0.15) is 4.21 Å². The molecule has 0 bridgehead atoms. The van der Waals surface area contributed by atoms with Gasteiger partial charge in [-0.15, -0.1) is 22.9 Å². The van der Waals surface area contributed by atoms with Crippen molar-refractivity contribution in [1.82, 2.24) is 4.31 Å². The van der Waals surface area contributed by atoms with Gasteiger partial charge in [0.25, 0.3) is 10.0 Å². The summed E-state index contributed by atoms with van der Waals surface area (Å²) in [5.74, 6) is 0.447. The van der Waals surface area contributed by atoms with E-state index in [4.69, 9.17) is 23.2 Å². The van der Waals surface area contributed by atoms with Gasteiger partial charge in [-0.1, -0.05) is 11.6 Å². The van der Waals surface area contributed by atoms with E-state index in [1.807, 2.05) is 13.8 Å². The second kappa shape index (κ2) is 6.57. The van der Waals surface area contributed by atoms with Crippen LogP contribution in [0.2, 0.25) is 4.34 Å². The number of rotatable bonds is 6. The molecule has 1 rings (SSSR count). The lowest BCUT2D eigenvalue weighted by Crippen LogP contribution is -2.37. The highest BCUT2D eigenvalue weighted by Crippen LogP contribution is 2.32. The standard InChI is InChI=1S/C11H17Cl2NO2S2/c1-8(2)14(6-4-5-12)18(15,16)10-7-9(3)11(13)17-10/h7-8H,4-6H2,1-3H3. The van der Waals surface area contributed by atoms with Gasteiger partial charge in [-0.25, -0.2) is 8.42 Å². The van der Waals surface area contributed by atoms with Crippen LogP contribution in [-0.2, 0) is 10.0 Å². The van der Waals surface area contributed by atoms with Gasteiger partial charge in [0, 0.05) is 18.5 Å². The Kier molecular flexibility index (Phi) is 5.93. The highest BCUT2D eigenvalue weighted by atomic mass is 35.5. The molecule has 0 saturated carbocycles. The van der Waals surface area contributed by atoms with E-state index in [0.29, 0.717) is 27.4 Å². The molecular weight excluding hydrogens is 313 g/mol. The van der Waals surface area contributed by atoms with Crippen LogP contribution in [0.1, 0.15) is 25.8 Å². The molecule has 0 atom stereocenters. The zero-order chi connectivity index (χ0) is 13.9. The van der Waals surface area contributed by atoms with Gasteiger partial charge in [-0.3, -0.25) is 0 Å². The van der Waals surface area contributed by atoms with E-state index in [2.05, 4.69) is 0 Å². The number of hydrogen-bond acceptors (Lipinski definition) is 3. The molecule has 7 heteroatoms. The van der Waals surface area contributed by atoms with E-state index in [1.165, 1.54) is 4.31 Å². The maximum Gasteiger partial charge on any atom is 0.252 e. The number of aryl methyl sites for hydroxylation is 1. The van der Waals surface area contributed by atoms with Crippen molar-refractivity contribution in [3.8, 4) is 0 Å². The van der Waals surface area contributed by atoms with Gasteiger partial charge in [0.05, 0.1) is 4.34 Å². The molecule has 0 saturated heterocycles. The smallest absolute Gasteiger partial charge is 0.206 e. The zero-order valence-corrected chi connectivity index (χ0v) is 13.8.